The summed E-state index contributed by atoms with van der Waals surface area (Å²) in [6, 6.07) is 12.7. The number of pyridine rings is 1. The molecule has 0 spiro atoms. The molecule has 0 saturated carbocycles. The van der Waals surface area contributed by atoms with Crippen LogP contribution in [-0.4, -0.2) is 28.9 Å². The van der Waals surface area contributed by atoms with Gasteiger partial charge in [-0.15, -0.1) is 0 Å². The van der Waals surface area contributed by atoms with Gasteiger partial charge in [0, 0.05) is 41.0 Å². The highest BCUT2D eigenvalue weighted by atomic mass is 35.5. The first kappa shape index (κ1) is 29.1. The van der Waals surface area contributed by atoms with Gasteiger partial charge in [-0.25, -0.2) is 9.37 Å². The van der Waals surface area contributed by atoms with Crippen LogP contribution in [0.2, 0.25) is 10.0 Å². The van der Waals surface area contributed by atoms with Gasteiger partial charge >= 0.3 is 0 Å². The third-order valence-corrected chi connectivity index (χ3v) is 8.51. The smallest absolute Gasteiger partial charge is 0.253 e. The maximum absolute atomic E-state index is 14.3. The molecule has 0 saturated heterocycles. The lowest BCUT2D eigenvalue weighted by Gasteiger charge is -2.27. The average molecular weight is 569 g/mol. The fraction of sp³-hybridized carbons (Fsp3) is 0.375. The van der Waals surface area contributed by atoms with Crippen LogP contribution in [0.1, 0.15) is 74.0 Å². The van der Waals surface area contributed by atoms with E-state index in [1.165, 1.54) is 6.07 Å². The molecule has 0 bridgehead atoms. The number of hydrogen-bond acceptors (Lipinski definition) is 3. The molecule has 2 heterocycles. The molecule has 206 valence electrons. The Morgan fingerprint density at radius 3 is 2.64 bits per heavy atom. The molecule has 0 fully saturated rings. The first-order valence-electron chi connectivity index (χ1n) is 13.6. The second-order valence-electron chi connectivity index (χ2n) is 10.3. The Bertz CT molecular complexity index is 1340. The van der Waals surface area contributed by atoms with E-state index < -0.39 is 5.82 Å². The maximum Gasteiger partial charge on any atom is 0.253 e. The van der Waals surface area contributed by atoms with E-state index in [0.29, 0.717) is 16.1 Å². The zero-order valence-electron chi connectivity index (χ0n) is 23.0. The van der Waals surface area contributed by atoms with Gasteiger partial charge in [0.2, 0.25) is 0 Å². The number of anilines is 1. The number of halogens is 3. The fourth-order valence-electron chi connectivity index (χ4n) is 5.31. The van der Waals surface area contributed by atoms with E-state index >= 15 is 0 Å². The number of aryl methyl sites for hydroxylation is 1. The number of carbonyl (C=O) groups is 1. The van der Waals surface area contributed by atoms with Gasteiger partial charge in [-0.1, -0.05) is 61.3 Å². The lowest BCUT2D eigenvalue weighted by atomic mass is 9.91. The second kappa shape index (κ2) is 13.0. The number of carbonyl (C=O) groups excluding carboxylic acids is 1. The summed E-state index contributed by atoms with van der Waals surface area (Å²) in [7, 11) is 1.89. The Balaban J connectivity index is 1.53. The molecule has 39 heavy (non-hydrogen) atoms. The van der Waals surface area contributed by atoms with Gasteiger partial charge in [0.15, 0.2) is 0 Å². The molecule has 1 aliphatic heterocycles. The zero-order valence-corrected chi connectivity index (χ0v) is 24.5. The van der Waals surface area contributed by atoms with E-state index in [9.17, 15) is 9.18 Å². The summed E-state index contributed by atoms with van der Waals surface area (Å²) >= 11 is 12.8. The third kappa shape index (κ3) is 6.47. The van der Waals surface area contributed by atoms with Crippen molar-refractivity contribution < 1.29 is 9.18 Å². The van der Waals surface area contributed by atoms with E-state index in [1.54, 1.807) is 6.07 Å². The number of hydrogen-bond donors (Lipinski definition) is 1. The van der Waals surface area contributed by atoms with Gasteiger partial charge < -0.3 is 10.2 Å². The summed E-state index contributed by atoms with van der Waals surface area (Å²) in [5, 5.41) is 3.97. The highest BCUT2D eigenvalue weighted by Gasteiger charge is 2.29. The lowest BCUT2D eigenvalue weighted by Crippen LogP contribution is -2.36. The first-order valence-corrected chi connectivity index (χ1v) is 14.4. The molecule has 0 aliphatic carbocycles. The number of nitrogens with zero attached hydrogens (tertiary/aromatic N) is 2. The van der Waals surface area contributed by atoms with Gasteiger partial charge in [0.25, 0.3) is 5.91 Å². The van der Waals surface area contributed by atoms with Crippen molar-refractivity contribution in [3.05, 3.63) is 93.4 Å². The average Bonchev–Trinajstić information content (AvgIpc) is 3.11. The summed E-state index contributed by atoms with van der Waals surface area (Å²) in [5.74, 6) is 0.464. The largest absolute Gasteiger partial charge is 0.363 e. The Hall–Kier alpha value is -2.89. The molecular weight excluding hydrogens is 532 g/mol. The van der Waals surface area contributed by atoms with E-state index in [-0.39, 0.29) is 28.9 Å². The van der Waals surface area contributed by atoms with Gasteiger partial charge in [-0.2, -0.15) is 0 Å². The van der Waals surface area contributed by atoms with E-state index in [2.05, 4.69) is 37.4 Å². The van der Waals surface area contributed by atoms with Crippen molar-refractivity contribution in [2.24, 2.45) is 5.92 Å². The summed E-state index contributed by atoms with van der Waals surface area (Å²) < 4.78 is 14.3. The quantitative estimate of drug-likeness (QED) is 0.218. The van der Waals surface area contributed by atoms with Crippen LogP contribution in [0.5, 0.6) is 0 Å². The summed E-state index contributed by atoms with van der Waals surface area (Å²) in [4.78, 5) is 19.7. The molecule has 3 unspecified atom stereocenters. The number of aromatic nitrogens is 1. The van der Waals surface area contributed by atoms with Crippen LogP contribution in [0.4, 0.5) is 10.2 Å². The Morgan fingerprint density at radius 2 is 1.95 bits per heavy atom. The number of benzene rings is 2. The molecular formula is C32H36Cl2FN3O. The van der Waals surface area contributed by atoms with E-state index in [0.717, 1.165) is 54.6 Å². The normalized spacial score (nSPS) is 17.8. The molecule has 1 aromatic heterocycles. The van der Waals surface area contributed by atoms with Crippen LogP contribution in [0.15, 0.2) is 60.8 Å². The van der Waals surface area contributed by atoms with Crippen molar-refractivity contribution in [2.75, 3.05) is 12.4 Å². The highest BCUT2D eigenvalue weighted by molar-refractivity contribution is 6.36. The number of allylic oxidation sites excluding steroid dienone is 2. The van der Waals surface area contributed by atoms with Crippen molar-refractivity contribution in [1.29, 1.82) is 0 Å². The maximum atomic E-state index is 14.3. The van der Waals surface area contributed by atoms with Gasteiger partial charge in [-0.3, -0.25) is 4.79 Å². The molecule has 3 aromatic rings. The molecule has 1 N–H and O–H groups in total. The van der Waals surface area contributed by atoms with E-state index in [1.807, 2.05) is 49.3 Å². The Labute approximate surface area is 241 Å². The zero-order chi connectivity index (χ0) is 28.1. The lowest BCUT2D eigenvalue weighted by molar-refractivity contribution is 0.0720. The number of rotatable bonds is 8. The first-order chi connectivity index (χ1) is 18.7. The number of amides is 1. The summed E-state index contributed by atoms with van der Waals surface area (Å²) in [6.07, 6.45) is 10.5. The molecule has 1 amide bonds. The predicted octanol–water partition coefficient (Wildman–Crippen LogP) is 9.14. The monoisotopic (exact) mass is 567 g/mol. The minimum Gasteiger partial charge on any atom is -0.363 e. The van der Waals surface area contributed by atoms with Crippen molar-refractivity contribution in [3.63, 3.8) is 0 Å². The third-order valence-electron chi connectivity index (χ3n) is 7.79. The molecule has 0 radical (unpaired) electrons. The molecule has 2 aromatic carbocycles. The standard InChI is InChI=1S/C32H36Cl2FN3O/c1-5-7-8-9-25(6-2)38(4)32(39)22-14-12-21(13-15-22)24-18-23-11-10-20(3)30(37-31(23)36-19-24)28-26(33)16-17-27(35)29(28)34/h5,7,12-20,25,30H,6,8-11H2,1-4H3,(H,36,37)/b7-5-. The van der Waals surface area contributed by atoms with Crippen molar-refractivity contribution >= 4 is 34.9 Å². The highest BCUT2D eigenvalue weighted by Crippen LogP contribution is 2.41. The summed E-state index contributed by atoms with van der Waals surface area (Å²) in [6.45, 7) is 6.25. The van der Waals surface area contributed by atoms with E-state index in [4.69, 9.17) is 28.2 Å². The van der Waals surface area contributed by atoms with Crippen LogP contribution in [0.3, 0.4) is 0 Å². The summed E-state index contributed by atoms with van der Waals surface area (Å²) in [5.41, 5.74) is 4.30. The minimum atomic E-state index is -0.482. The van der Waals surface area contributed by atoms with Gasteiger partial charge in [0.1, 0.15) is 11.6 Å². The van der Waals surface area contributed by atoms with Crippen LogP contribution in [0.25, 0.3) is 11.1 Å². The molecule has 3 atom stereocenters. The number of fused-ring (bicyclic) bond motifs is 1. The van der Waals surface area contributed by atoms with Gasteiger partial charge in [-0.05, 0) is 86.4 Å². The minimum absolute atomic E-state index is 0.0350. The molecule has 4 nitrogen and oxygen atoms in total. The molecule has 4 rings (SSSR count). The molecule has 7 heteroatoms. The van der Waals surface area contributed by atoms with Crippen molar-refractivity contribution in [1.82, 2.24) is 9.88 Å². The van der Waals surface area contributed by atoms with Crippen LogP contribution in [-0.2, 0) is 6.42 Å². The Kier molecular flexibility index (Phi) is 9.68. The van der Waals surface area contributed by atoms with Gasteiger partial charge in [0.05, 0.1) is 11.1 Å². The van der Waals surface area contributed by atoms with Crippen LogP contribution < -0.4 is 5.32 Å². The van der Waals surface area contributed by atoms with Crippen LogP contribution >= 0.6 is 23.2 Å². The molecule has 1 aliphatic rings. The van der Waals surface area contributed by atoms with Crippen LogP contribution in [0, 0.1) is 11.7 Å². The SMILES string of the molecule is C/C=C\CCC(CC)N(C)C(=O)c1ccc(-c2cnc3c(c2)CCC(C)C(c2c(Cl)ccc(F)c2Cl)N3)cc1. The van der Waals surface area contributed by atoms with Crippen molar-refractivity contribution in [3.8, 4) is 11.1 Å². The topological polar surface area (TPSA) is 45.2 Å². The second-order valence-corrected chi connectivity index (χ2v) is 11.1. The van der Waals surface area contributed by atoms with Crippen molar-refractivity contribution in [2.45, 2.75) is 65.0 Å². The number of nitrogens with one attached hydrogen (secondary N) is 1. The fourth-order valence-corrected chi connectivity index (χ4v) is 5.92. The Morgan fingerprint density at radius 1 is 1.21 bits per heavy atom. The predicted molar refractivity (Wildman–Crippen MR) is 160 cm³/mol.